The number of nitrogens with zero attached hydrogens (tertiary/aromatic N) is 5. The maximum atomic E-state index is 11.5. The molecule has 0 N–H and O–H groups in total. The summed E-state index contributed by atoms with van der Waals surface area (Å²) in [5.74, 6) is 1.10. The Morgan fingerprint density at radius 3 is 2.22 bits per heavy atom. The van der Waals surface area contributed by atoms with Crippen LogP contribution in [0.4, 0.5) is 5.95 Å². The van der Waals surface area contributed by atoms with Crippen LogP contribution in [0.15, 0.2) is 42.7 Å². The van der Waals surface area contributed by atoms with Gasteiger partial charge in [-0.2, -0.15) is 0 Å². The molecular weight excluding hydrogens is 453 g/mol. The van der Waals surface area contributed by atoms with Gasteiger partial charge >= 0.3 is 5.97 Å². The molecule has 0 spiro atoms. The Morgan fingerprint density at radius 2 is 1.59 bits per heavy atom. The van der Waals surface area contributed by atoms with Crippen LogP contribution < -0.4 is 14.4 Å². The van der Waals surface area contributed by atoms with Crippen molar-refractivity contribution in [2.45, 2.75) is 6.92 Å². The predicted octanol–water partition coefficient (Wildman–Crippen LogP) is 4.31. The van der Waals surface area contributed by atoms with Crippen molar-refractivity contribution < 1.29 is 14.3 Å². The second-order valence-electron chi connectivity index (χ2n) is 7.39. The molecule has 8 nitrogen and oxygen atoms in total. The minimum absolute atomic E-state index is 0.214. The molecular formula is C22H21Cl2N5O3. The maximum absolute atomic E-state index is 11.5. The number of pyridine rings is 1. The molecule has 10 heteroatoms. The summed E-state index contributed by atoms with van der Waals surface area (Å²) in [7, 11) is 2.09. The minimum Gasteiger partial charge on any atom is -0.436 e. The van der Waals surface area contributed by atoms with Gasteiger partial charge < -0.3 is 19.3 Å². The van der Waals surface area contributed by atoms with E-state index in [4.69, 9.17) is 32.7 Å². The lowest BCUT2D eigenvalue weighted by Gasteiger charge is -2.32. The van der Waals surface area contributed by atoms with Gasteiger partial charge in [-0.05, 0) is 25.2 Å². The molecule has 2 aromatic heterocycles. The topological polar surface area (TPSA) is 80.7 Å². The van der Waals surface area contributed by atoms with Crippen molar-refractivity contribution >= 4 is 35.1 Å². The third kappa shape index (κ3) is 5.64. The average molecular weight is 474 g/mol. The lowest BCUT2D eigenvalue weighted by Crippen LogP contribution is -2.45. The average Bonchev–Trinajstić information content (AvgIpc) is 2.74. The van der Waals surface area contributed by atoms with Gasteiger partial charge in [-0.25, -0.2) is 15.0 Å². The van der Waals surface area contributed by atoms with Crippen LogP contribution in [-0.2, 0) is 4.79 Å². The van der Waals surface area contributed by atoms with Gasteiger partial charge in [-0.3, -0.25) is 4.79 Å². The highest BCUT2D eigenvalue weighted by Crippen LogP contribution is 2.32. The molecule has 32 heavy (non-hydrogen) atoms. The highest BCUT2D eigenvalue weighted by atomic mass is 35.5. The molecule has 0 saturated carbocycles. The number of hydrogen-bond acceptors (Lipinski definition) is 8. The molecule has 0 atom stereocenters. The molecule has 0 amide bonds. The number of carbonyl (C=O) groups is 1. The van der Waals surface area contributed by atoms with E-state index in [1.807, 2.05) is 0 Å². The van der Waals surface area contributed by atoms with Crippen LogP contribution in [0.1, 0.15) is 6.92 Å². The summed E-state index contributed by atoms with van der Waals surface area (Å²) in [5.41, 5.74) is 1.14. The summed E-state index contributed by atoms with van der Waals surface area (Å²) in [5, 5.41) is 0.921. The largest absolute Gasteiger partial charge is 0.436 e. The minimum atomic E-state index is -0.461. The lowest BCUT2D eigenvalue weighted by molar-refractivity contribution is -0.131. The second-order valence-corrected chi connectivity index (χ2v) is 8.26. The Labute approximate surface area is 195 Å². The molecule has 3 heterocycles. The Balaban J connectivity index is 1.59. The number of benzene rings is 1. The number of ether oxygens (including phenoxy) is 2. The smallest absolute Gasteiger partial charge is 0.308 e. The van der Waals surface area contributed by atoms with E-state index in [0.717, 1.165) is 26.2 Å². The van der Waals surface area contributed by atoms with E-state index in [1.54, 1.807) is 36.7 Å². The van der Waals surface area contributed by atoms with Crippen molar-refractivity contribution in [1.82, 2.24) is 19.9 Å². The zero-order valence-electron chi connectivity index (χ0n) is 17.6. The second kappa shape index (κ2) is 9.68. The molecule has 1 saturated heterocycles. The number of halogens is 2. The number of aromatic nitrogens is 3. The first kappa shape index (κ1) is 22.3. The first-order valence-electron chi connectivity index (χ1n) is 9.96. The van der Waals surface area contributed by atoms with Gasteiger partial charge in [-0.1, -0.05) is 23.2 Å². The molecule has 1 aliphatic rings. The van der Waals surface area contributed by atoms with E-state index in [9.17, 15) is 4.79 Å². The van der Waals surface area contributed by atoms with Crippen molar-refractivity contribution in [3.63, 3.8) is 0 Å². The molecule has 0 aliphatic carbocycles. The monoisotopic (exact) mass is 473 g/mol. The summed E-state index contributed by atoms with van der Waals surface area (Å²) in [6.45, 7) is 4.99. The number of piperazine rings is 1. The Hall–Kier alpha value is -2.94. The van der Waals surface area contributed by atoms with E-state index in [1.165, 1.54) is 13.0 Å². The van der Waals surface area contributed by atoms with Gasteiger partial charge in [0.25, 0.3) is 0 Å². The summed E-state index contributed by atoms with van der Waals surface area (Å²) in [6, 6.07) is 8.18. The zero-order chi connectivity index (χ0) is 22.7. The van der Waals surface area contributed by atoms with E-state index >= 15 is 0 Å². The third-order valence-electron chi connectivity index (χ3n) is 4.82. The quantitative estimate of drug-likeness (QED) is 0.506. The van der Waals surface area contributed by atoms with Crippen molar-refractivity contribution in [2.24, 2.45) is 0 Å². The van der Waals surface area contributed by atoms with Crippen molar-refractivity contribution in [2.75, 3.05) is 38.1 Å². The molecule has 1 aliphatic heterocycles. The molecule has 0 unspecified atom stereocenters. The van der Waals surface area contributed by atoms with Crippen LogP contribution in [0.25, 0.3) is 11.3 Å². The number of likely N-dealkylation sites (N-methyl/N-ethyl adjacent to an activating group) is 1. The van der Waals surface area contributed by atoms with Gasteiger partial charge in [0.2, 0.25) is 11.8 Å². The van der Waals surface area contributed by atoms with Crippen LogP contribution in [0.3, 0.4) is 0 Å². The first-order valence-corrected chi connectivity index (χ1v) is 10.7. The van der Waals surface area contributed by atoms with Crippen molar-refractivity contribution in [3.05, 3.63) is 52.8 Å². The van der Waals surface area contributed by atoms with E-state index in [-0.39, 0.29) is 11.6 Å². The fourth-order valence-corrected chi connectivity index (χ4v) is 3.79. The highest BCUT2D eigenvalue weighted by molar-refractivity contribution is 6.35. The summed E-state index contributed by atoms with van der Waals surface area (Å²) < 4.78 is 11.1. The molecule has 166 valence electrons. The lowest BCUT2D eigenvalue weighted by atomic mass is 10.1. The van der Waals surface area contributed by atoms with Crippen LogP contribution in [0.5, 0.6) is 17.4 Å². The van der Waals surface area contributed by atoms with Crippen LogP contribution in [-0.4, -0.2) is 59.0 Å². The Kier molecular flexibility index (Phi) is 6.74. The molecule has 0 bridgehead atoms. The molecule has 1 fully saturated rings. The number of rotatable bonds is 5. The molecule has 4 rings (SSSR count). The van der Waals surface area contributed by atoms with E-state index < -0.39 is 5.97 Å². The molecule has 3 aromatic rings. The Morgan fingerprint density at radius 1 is 0.938 bits per heavy atom. The van der Waals surface area contributed by atoms with Gasteiger partial charge in [0.15, 0.2) is 5.75 Å². The molecule has 1 aromatic carbocycles. The standard InChI is InChI=1S/C22H21Cl2N5O3/c1-14(30)31-18-10-20(15-7-16(23)9-17(24)8-15)27-21(11-18)32-19-12-25-22(26-13-19)29-5-3-28(2)4-6-29/h7-13H,3-6H2,1-2H3. The summed E-state index contributed by atoms with van der Waals surface area (Å²) in [6.07, 6.45) is 3.19. The predicted molar refractivity (Wildman–Crippen MR) is 123 cm³/mol. The van der Waals surface area contributed by atoms with E-state index in [0.29, 0.717) is 33.0 Å². The van der Waals surface area contributed by atoms with Crippen molar-refractivity contribution in [3.8, 4) is 28.6 Å². The number of hydrogen-bond donors (Lipinski definition) is 0. The van der Waals surface area contributed by atoms with Gasteiger partial charge in [-0.15, -0.1) is 0 Å². The SMILES string of the molecule is CC(=O)Oc1cc(Oc2cnc(N3CCN(C)CC3)nc2)nc(-c2cc(Cl)cc(Cl)c2)c1. The van der Waals surface area contributed by atoms with Crippen LogP contribution in [0.2, 0.25) is 10.0 Å². The molecule has 0 radical (unpaired) electrons. The van der Waals surface area contributed by atoms with Crippen LogP contribution in [0, 0.1) is 0 Å². The van der Waals surface area contributed by atoms with Crippen molar-refractivity contribution in [1.29, 1.82) is 0 Å². The number of carbonyl (C=O) groups excluding carboxylic acids is 1. The first-order chi connectivity index (χ1) is 15.4. The third-order valence-corrected chi connectivity index (χ3v) is 5.25. The summed E-state index contributed by atoms with van der Waals surface area (Å²) in [4.78, 5) is 29.2. The normalized spacial score (nSPS) is 14.3. The maximum Gasteiger partial charge on any atom is 0.308 e. The fraction of sp³-hybridized carbons (Fsp3) is 0.273. The zero-order valence-corrected chi connectivity index (χ0v) is 19.1. The van der Waals surface area contributed by atoms with Gasteiger partial charge in [0, 0.05) is 60.8 Å². The highest BCUT2D eigenvalue weighted by Gasteiger charge is 2.17. The summed E-state index contributed by atoms with van der Waals surface area (Å²) >= 11 is 12.3. The fourth-order valence-electron chi connectivity index (χ4n) is 3.26. The van der Waals surface area contributed by atoms with E-state index in [2.05, 4.69) is 31.8 Å². The Bertz CT molecular complexity index is 1100. The van der Waals surface area contributed by atoms with Gasteiger partial charge in [0.05, 0.1) is 18.1 Å². The van der Waals surface area contributed by atoms with Gasteiger partial charge in [0.1, 0.15) is 5.75 Å². The van der Waals surface area contributed by atoms with Crippen LogP contribution >= 0.6 is 23.2 Å². The number of esters is 1. The number of anilines is 1.